The SMILES string of the molecule is Cc1ccc(N2CCN(C)CC2)cc1C(=O)N[C@H](C)c1cccc(-c2cc(CO)cc(CO)c2)c1. The van der Waals surface area contributed by atoms with Crippen LogP contribution in [0.1, 0.15) is 45.6 Å². The Kier molecular flexibility index (Phi) is 7.86. The second-order valence-corrected chi connectivity index (χ2v) is 9.46. The predicted molar refractivity (Wildman–Crippen MR) is 140 cm³/mol. The van der Waals surface area contributed by atoms with Crippen molar-refractivity contribution >= 4 is 11.6 Å². The first-order valence-corrected chi connectivity index (χ1v) is 12.2. The number of hydrogen-bond donors (Lipinski definition) is 3. The van der Waals surface area contributed by atoms with Crippen molar-refractivity contribution in [1.29, 1.82) is 0 Å². The van der Waals surface area contributed by atoms with Crippen molar-refractivity contribution in [3.05, 3.63) is 88.5 Å². The maximum absolute atomic E-state index is 13.3. The van der Waals surface area contributed by atoms with Crippen LogP contribution in [0.5, 0.6) is 0 Å². The lowest BCUT2D eigenvalue weighted by atomic mass is 9.97. The molecule has 1 aliphatic rings. The normalized spacial score (nSPS) is 15.2. The quantitative estimate of drug-likeness (QED) is 0.485. The number of amides is 1. The molecule has 3 N–H and O–H groups in total. The molecule has 1 atom stereocenters. The summed E-state index contributed by atoms with van der Waals surface area (Å²) in [6.45, 7) is 7.74. The molecule has 0 aromatic heterocycles. The number of anilines is 1. The molecule has 1 aliphatic heterocycles. The van der Waals surface area contributed by atoms with E-state index in [1.54, 1.807) is 6.07 Å². The van der Waals surface area contributed by atoms with E-state index in [1.165, 1.54) is 0 Å². The molecule has 0 unspecified atom stereocenters. The topological polar surface area (TPSA) is 76.0 Å². The van der Waals surface area contributed by atoms with Gasteiger partial charge in [-0.15, -0.1) is 0 Å². The number of aryl methyl sites for hydroxylation is 1. The zero-order valence-corrected chi connectivity index (χ0v) is 20.8. The van der Waals surface area contributed by atoms with E-state index >= 15 is 0 Å². The van der Waals surface area contributed by atoms with Crippen molar-refractivity contribution < 1.29 is 15.0 Å². The minimum Gasteiger partial charge on any atom is -0.392 e. The molecule has 3 aromatic carbocycles. The van der Waals surface area contributed by atoms with E-state index in [0.29, 0.717) is 5.56 Å². The highest BCUT2D eigenvalue weighted by molar-refractivity contribution is 5.97. The molecule has 4 rings (SSSR count). The number of aliphatic hydroxyl groups is 2. The molecular weight excluding hydrogens is 438 g/mol. The summed E-state index contributed by atoms with van der Waals surface area (Å²) in [5.74, 6) is -0.0822. The minimum atomic E-state index is -0.188. The smallest absolute Gasteiger partial charge is 0.252 e. The van der Waals surface area contributed by atoms with Gasteiger partial charge in [0.05, 0.1) is 19.3 Å². The van der Waals surface area contributed by atoms with Crippen molar-refractivity contribution in [2.75, 3.05) is 38.1 Å². The van der Waals surface area contributed by atoms with E-state index in [1.807, 2.05) is 56.3 Å². The van der Waals surface area contributed by atoms with Gasteiger partial charge in [0.25, 0.3) is 5.91 Å². The van der Waals surface area contributed by atoms with Gasteiger partial charge in [-0.25, -0.2) is 0 Å². The van der Waals surface area contributed by atoms with Crippen LogP contribution in [0.3, 0.4) is 0 Å². The molecule has 35 heavy (non-hydrogen) atoms. The molecule has 1 heterocycles. The second-order valence-electron chi connectivity index (χ2n) is 9.46. The van der Waals surface area contributed by atoms with Gasteiger partial charge in [-0.1, -0.05) is 30.3 Å². The Morgan fingerprint density at radius 1 is 0.914 bits per heavy atom. The van der Waals surface area contributed by atoms with Crippen LogP contribution >= 0.6 is 0 Å². The van der Waals surface area contributed by atoms with E-state index in [-0.39, 0.29) is 25.2 Å². The van der Waals surface area contributed by atoms with Crippen molar-refractivity contribution in [3.8, 4) is 11.1 Å². The van der Waals surface area contributed by atoms with Gasteiger partial charge >= 0.3 is 0 Å². The third-order valence-electron chi connectivity index (χ3n) is 6.82. The maximum atomic E-state index is 13.3. The summed E-state index contributed by atoms with van der Waals surface area (Å²) in [5.41, 5.74) is 7.16. The first kappa shape index (κ1) is 24.9. The van der Waals surface area contributed by atoms with Crippen LogP contribution in [-0.4, -0.2) is 54.2 Å². The van der Waals surface area contributed by atoms with E-state index in [0.717, 1.165) is 65.2 Å². The Bertz CT molecular complexity index is 1160. The van der Waals surface area contributed by atoms with Crippen LogP contribution in [0, 0.1) is 6.92 Å². The zero-order valence-electron chi connectivity index (χ0n) is 20.8. The van der Waals surface area contributed by atoms with Gasteiger partial charge < -0.3 is 25.3 Å². The molecule has 0 bridgehead atoms. The Morgan fingerprint density at radius 2 is 1.60 bits per heavy atom. The van der Waals surface area contributed by atoms with Crippen LogP contribution in [0.25, 0.3) is 11.1 Å². The number of benzene rings is 3. The summed E-state index contributed by atoms with van der Waals surface area (Å²) in [5, 5.41) is 22.3. The van der Waals surface area contributed by atoms with Gasteiger partial charge in [0.1, 0.15) is 0 Å². The molecule has 0 spiro atoms. The van der Waals surface area contributed by atoms with Crippen LogP contribution in [0.2, 0.25) is 0 Å². The standard InChI is InChI=1S/C29H35N3O3/c1-20-7-8-27(32-11-9-31(3)10-12-32)17-28(20)29(35)30-21(2)24-5-4-6-25(16-24)26-14-22(18-33)13-23(15-26)19-34/h4-8,13-17,21,33-34H,9-12,18-19H2,1-3H3,(H,30,35)/t21-/m1/s1. The average Bonchev–Trinajstić information content (AvgIpc) is 2.89. The van der Waals surface area contributed by atoms with Crippen LogP contribution < -0.4 is 10.2 Å². The van der Waals surface area contributed by atoms with E-state index in [2.05, 4.69) is 34.3 Å². The first-order chi connectivity index (χ1) is 16.9. The highest BCUT2D eigenvalue weighted by atomic mass is 16.3. The number of rotatable bonds is 7. The van der Waals surface area contributed by atoms with E-state index in [4.69, 9.17) is 0 Å². The number of aliphatic hydroxyl groups excluding tert-OH is 2. The number of nitrogens with one attached hydrogen (secondary N) is 1. The summed E-state index contributed by atoms with van der Waals surface area (Å²) < 4.78 is 0. The van der Waals surface area contributed by atoms with Crippen LogP contribution in [-0.2, 0) is 13.2 Å². The lowest BCUT2D eigenvalue weighted by Crippen LogP contribution is -2.44. The van der Waals surface area contributed by atoms with Gasteiger partial charge in [-0.3, -0.25) is 4.79 Å². The molecule has 3 aromatic rings. The summed E-state index contributed by atoms with van der Waals surface area (Å²) in [4.78, 5) is 17.9. The third kappa shape index (κ3) is 5.90. The van der Waals surface area contributed by atoms with Crippen molar-refractivity contribution in [1.82, 2.24) is 10.2 Å². The molecule has 1 fully saturated rings. The lowest BCUT2D eigenvalue weighted by molar-refractivity contribution is 0.0939. The number of carbonyl (C=O) groups is 1. The molecule has 0 aliphatic carbocycles. The van der Waals surface area contributed by atoms with E-state index in [9.17, 15) is 15.0 Å². The number of nitrogens with zero attached hydrogens (tertiary/aromatic N) is 2. The Hall–Kier alpha value is -3.19. The summed E-state index contributed by atoms with van der Waals surface area (Å²) >= 11 is 0. The van der Waals surface area contributed by atoms with Crippen molar-refractivity contribution in [2.24, 2.45) is 0 Å². The van der Waals surface area contributed by atoms with Crippen molar-refractivity contribution in [3.63, 3.8) is 0 Å². The Morgan fingerprint density at radius 3 is 2.26 bits per heavy atom. The fourth-order valence-electron chi connectivity index (χ4n) is 4.57. The maximum Gasteiger partial charge on any atom is 0.252 e. The van der Waals surface area contributed by atoms with Crippen LogP contribution in [0.15, 0.2) is 60.7 Å². The zero-order chi connectivity index (χ0) is 24.9. The van der Waals surface area contributed by atoms with Crippen LogP contribution in [0.4, 0.5) is 5.69 Å². The molecule has 0 saturated carbocycles. The fourth-order valence-corrected chi connectivity index (χ4v) is 4.57. The largest absolute Gasteiger partial charge is 0.392 e. The molecule has 1 saturated heterocycles. The van der Waals surface area contributed by atoms with Gasteiger partial charge in [0.2, 0.25) is 0 Å². The fraction of sp³-hybridized carbons (Fsp3) is 0.345. The summed E-state index contributed by atoms with van der Waals surface area (Å²) in [6, 6.07) is 19.6. The second kappa shape index (κ2) is 11.0. The predicted octanol–water partition coefficient (Wildman–Crippen LogP) is 3.89. The first-order valence-electron chi connectivity index (χ1n) is 12.2. The van der Waals surface area contributed by atoms with Gasteiger partial charge in [-0.05, 0) is 84.6 Å². The molecular formula is C29H35N3O3. The number of carbonyl (C=O) groups excluding carboxylic acids is 1. The van der Waals surface area contributed by atoms with E-state index < -0.39 is 0 Å². The summed E-state index contributed by atoms with van der Waals surface area (Å²) in [7, 11) is 2.14. The third-order valence-corrected chi connectivity index (χ3v) is 6.82. The highest BCUT2D eigenvalue weighted by Crippen LogP contribution is 2.27. The van der Waals surface area contributed by atoms with Gasteiger partial charge in [-0.2, -0.15) is 0 Å². The molecule has 184 valence electrons. The molecule has 0 radical (unpaired) electrons. The molecule has 1 amide bonds. The molecule has 6 nitrogen and oxygen atoms in total. The highest BCUT2D eigenvalue weighted by Gasteiger charge is 2.18. The average molecular weight is 474 g/mol. The molecule has 6 heteroatoms. The minimum absolute atomic E-state index is 0.0822. The number of piperazine rings is 1. The monoisotopic (exact) mass is 473 g/mol. The van der Waals surface area contributed by atoms with Gasteiger partial charge in [0, 0.05) is 37.4 Å². The Labute approximate surface area is 207 Å². The van der Waals surface area contributed by atoms with Crippen molar-refractivity contribution in [2.45, 2.75) is 33.1 Å². The number of hydrogen-bond acceptors (Lipinski definition) is 5. The number of likely N-dealkylation sites (N-methyl/N-ethyl adjacent to an activating group) is 1. The van der Waals surface area contributed by atoms with Gasteiger partial charge in [0.15, 0.2) is 0 Å². The summed E-state index contributed by atoms with van der Waals surface area (Å²) in [6.07, 6.45) is 0. The Balaban J connectivity index is 1.52. The lowest BCUT2D eigenvalue weighted by Gasteiger charge is -2.34.